The highest BCUT2D eigenvalue weighted by Gasteiger charge is 2.35. The summed E-state index contributed by atoms with van der Waals surface area (Å²) in [6.45, 7) is -5.21. The lowest BCUT2D eigenvalue weighted by Gasteiger charge is -2.11. The van der Waals surface area contributed by atoms with Gasteiger partial charge < -0.3 is 0 Å². The van der Waals surface area contributed by atoms with E-state index in [-0.39, 0.29) is 35.1 Å². The van der Waals surface area contributed by atoms with Crippen LogP contribution >= 0.6 is 0 Å². The van der Waals surface area contributed by atoms with E-state index in [1.165, 1.54) is 41.7 Å². The molecular weight excluding hydrogens is 1320 g/mol. The van der Waals surface area contributed by atoms with Gasteiger partial charge in [0.25, 0.3) is 0 Å². The van der Waals surface area contributed by atoms with Gasteiger partial charge in [-0.2, -0.15) is 22.8 Å². The van der Waals surface area contributed by atoms with Crippen molar-refractivity contribution in [3.8, 4) is 112 Å². The van der Waals surface area contributed by atoms with E-state index < -0.39 is 60.2 Å². The molecule has 10 heterocycles. The molecule has 109 heavy (non-hydrogen) atoms. The van der Waals surface area contributed by atoms with Crippen molar-refractivity contribution in [1.29, 1.82) is 0 Å². The Labute approximate surface area is 679 Å². The van der Waals surface area contributed by atoms with E-state index in [9.17, 15) is 0 Å². The quantitative estimate of drug-likeness (QED) is 0.122. The molecule has 0 fully saturated rings. The minimum atomic E-state index is -2.74. The van der Waals surface area contributed by atoms with Gasteiger partial charge in [-0.25, -0.2) is 0 Å². The smallest absolute Gasteiger partial charge is 0.194 e. The van der Waals surface area contributed by atoms with Crippen molar-refractivity contribution >= 4 is 0 Å². The van der Waals surface area contributed by atoms with Crippen LogP contribution in [0, 0.1) is 27.5 Å². The first-order valence-corrected chi connectivity index (χ1v) is 36.9. The average Bonchev–Trinajstić information content (AvgIpc) is 1.62. The Kier molecular flexibility index (Phi) is 13.9. The molecule has 534 valence electrons. The fraction of sp³-hybridized carbons (Fsp3) is 0.183. The predicted molar refractivity (Wildman–Crippen MR) is 449 cm³/mol. The van der Waals surface area contributed by atoms with E-state index in [1.807, 2.05) is 185 Å². The molecule has 5 aromatic heterocycles. The van der Waals surface area contributed by atoms with E-state index in [0.717, 1.165) is 97.3 Å². The summed E-state index contributed by atoms with van der Waals surface area (Å²) in [5.74, 6) is 0. The highest BCUT2D eigenvalue weighted by molar-refractivity contribution is 5.80. The lowest BCUT2D eigenvalue weighted by molar-refractivity contribution is -0.672. The zero-order valence-corrected chi connectivity index (χ0v) is 61.1. The standard InChI is InChI=1S/4C21H20N.C20H18N/c1-3-16-8-4-7-11-19(16)21-15(2)12-13-20-18-10-6-5-9-17(18)14-22(20)21;1-3-16-8-4-6-10-18(16)20-12-21-19-11-7-5-9-17(19)14-22(21)13-15(20)2;1-3-16-13-22-14-17-9-5-7-11-19(17)21(22)12-20(16)18-10-6-4-8-15(18)2;1-3-16-8-4-6-10-19(16)18-12-13-22-14-17-9-5-7-11-20(17)21(22)15(18)2;1-2-15-12-13-19-18-11-7-6-10-17(18)14-21(19)20(15)16-8-4-3-5-9-16/h4*4-13H,3,14H2,1-2H3;3-13H,2,14H2,1H3/q5*+1/i1D3,2D3;2*2D3,3D2;1D3,3D2;1D3. The van der Waals surface area contributed by atoms with Crippen molar-refractivity contribution in [2.45, 2.75) is 127 Å². The van der Waals surface area contributed by atoms with E-state index in [2.05, 4.69) is 69.8 Å². The Balaban J connectivity index is 0.000000121. The molecule has 20 rings (SSSR count). The highest BCUT2D eigenvalue weighted by Crippen LogP contribution is 2.40. The van der Waals surface area contributed by atoms with Gasteiger partial charge in [0, 0.05) is 130 Å². The third-order valence-electron chi connectivity index (χ3n) is 21.5. The molecule has 0 N–H and O–H groups in total. The van der Waals surface area contributed by atoms with Crippen molar-refractivity contribution in [3.63, 3.8) is 0 Å². The lowest BCUT2D eigenvalue weighted by atomic mass is 9.93. The number of aromatic nitrogens is 5. The number of benzene rings is 10. The van der Waals surface area contributed by atoms with Crippen LogP contribution in [0.1, 0.15) is 145 Å². The average molecular weight is 1440 g/mol. The Morgan fingerprint density at radius 1 is 0.284 bits per heavy atom. The number of fused-ring (bicyclic) bond motifs is 15. The van der Waals surface area contributed by atoms with Crippen molar-refractivity contribution in [2.24, 2.45) is 0 Å². The monoisotopic (exact) mass is 1440 g/mol. The zero-order chi connectivity index (χ0) is 95.0. The maximum Gasteiger partial charge on any atom is 0.216 e. The first-order chi connectivity index (χ1) is 62.7. The zero-order valence-electron chi connectivity index (χ0n) is 85.1. The van der Waals surface area contributed by atoms with Crippen LogP contribution in [0.4, 0.5) is 0 Å². The van der Waals surface area contributed by atoms with Crippen molar-refractivity contribution in [3.05, 3.63) is 388 Å². The minimum Gasteiger partial charge on any atom is -0.194 e. The molecule has 0 spiro atoms. The Morgan fingerprint density at radius 2 is 0.734 bits per heavy atom. The van der Waals surface area contributed by atoms with Crippen LogP contribution in [-0.2, 0) is 64.7 Å². The summed E-state index contributed by atoms with van der Waals surface area (Å²) in [5.41, 5.74) is 28.5. The maximum atomic E-state index is 8.33. The fourth-order valence-electron chi connectivity index (χ4n) is 16.3. The summed E-state index contributed by atoms with van der Waals surface area (Å²) in [7, 11) is 0. The van der Waals surface area contributed by atoms with Gasteiger partial charge in [-0.05, 0) is 176 Å². The molecule has 0 aliphatic carbocycles. The summed E-state index contributed by atoms with van der Waals surface area (Å²) in [5, 5.41) is 0. The van der Waals surface area contributed by atoms with Gasteiger partial charge in [0.1, 0.15) is 0 Å². The van der Waals surface area contributed by atoms with Gasteiger partial charge >= 0.3 is 0 Å². The van der Waals surface area contributed by atoms with Crippen LogP contribution in [0.2, 0.25) is 0 Å². The minimum absolute atomic E-state index is 0.0772. The molecular formula is C104H98N5+5. The van der Waals surface area contributed by atoms with Crippen molar-refractivity contribution in [1.82, 2.24) is 0 Å². The first kappa shape index (κ1) is 48.3. The second-order valence-corrected chi connectivity index (χ2v) is 27.7. The number of rotatable bonds is 10. The molecule has 0 saturated heterocycles. The van der Waals surface area contributed by atoms with Crippen LogP contribution < -0.4 is 22.8 Å². The van der Waals surface area contributed by atoms with E-state index in [4.69, 9.17) is 32.9 Å². The Bertz CT molecular complexity index is 6790. The molecule has 5 aliphatic rings. The molecule has 0 radical (unpaired) electrons. The highest BCUT2D eigenvalue weighted by atomic mass is 15.0. The van der Waals surface area contributed by atoms with Gasteiger partial charge in [-0.15, -0.1) is 0 Å². The molecule has 5 nitrogen and oxygen atoms in total. The normalized spacial score (nSPS) is 16.4. The molecule has 0 saturated carbocycles. The SMILES string of the molecule is [2H]C([2H])([2H])C([2H])([2H])c1ccccc1-c1cc[n+]2c(c1C)-c1ccccc1C2.[2H]C([2H])([2H])Cc1ccc2[n+](c1-c1ccccc1)Cc1ccccc1-2.[2H]C([2H])([2H])Cc1ccccc1-c1c(C([2H])([2H])[2H])ccc2[n+]1Cc1ccccc1-2.[2H]C([2H])([2H])c1c[n+]2c(cc1-c1ccccc1C([2H])([2H])C)-c1ccccc1C2.[2H]C([2H])([2H])c1ccccc1-c1cc2[n+](cc1C([2H])([2H])C)Cc1ccccc1-2. The molecule has 5 aliphatic heterocycles. The number of pyridine rings is 5. The van der Waals surface area contributed by atoms with Crippen LogP contribution in [0.3, 0.4) is 0 Å². The number of aryl methyl sites for hydroxylation is 8. The Morgan fingerprint density at radius 3 is 1.33 bits per heavy atom. The summed E-state index contributed by atoms with van der Waals surface area (Å²) in [6, 6.07) is 92.3. The third kappa shape index (κ3) is 13.8. The van der Waals surface area contributed by atoms with E-state index >= 15 is 0 Å². The molecule has 5 heteroatoms. The maximum absolute atomic E-state index is 8.33. The third-order valence-corrected chi connectivity index (χ3v) is 21.5. The molecule has 15 aromatic rings. The van der Waals surface area contributed by atoms with Crippen LogP contribution in [0.25, 0.3) is 112 Å². The first-order valence-electron chi connectivity index (χ1n) is 48.9. The van der Waals surface area contributed by atoms with E-state index in [1.54, 1.807) is 85.1 Å². The van der Waals surface area contributed by atoms with Gasteiger partial charge in [0.05, 0.1) is 27.8 Å². The number of hydrogen-bond acceptors (Lipinski definition) is 0. The second-order valence-electron chi connectivity index (χ2n) is 27.7. The Hall–Kier alpha value is -12.1. The van der Waals surface area contributed by atoms with Gasteiger partial charge in [0.2, 0.25) is 39.9 Å². The van der Waals surface area contributed by atoms with Crippen LogP contribution in [0.15, 0.2) is 310 Å². The number of hydrogen-bond donors (Lipinski definition) is 0. The largest absolute Gasteiger partial charge is 0.216 e. The summed E-state index contributed by atoms with van der Waals surface area (Å²) < 4.78 is 201. The molecule has 0 atom stereocenters. The summed E-state index contributed by atoms with van der Waals surface area (Å²) in [4.78, 5) is 0. The van der Waals surface area contributed by atoms with Gasteiger partial charge in [-0.3, -0.25) is 0 Å². The topological polar surface area (TPSA) is 19.4 Å². The molecule has 0 unspecified atom stereocenters. The van der Waals surface area contributed by atoms with Crippen LogP contribution in [-0.4, -0.2) is 0 Å². The van der Waals surface area contributed by atoms with Gasteiger partial charge in [0.15, 0.2) is 51.3 Å². The van der Waals surface area contributed by atoms with E-state index in [0.29, 0.717) is 75.4 Å². The fourth-order valence-corrected chi connectivity index (χ4v) is 16.3. The van der Waals surface area contributed by atoms with Gasteiger partial charge in [-0.1, -0.05) is 235 Å². The number of nitrogens with zero attached hydrogens (tertiary/aromatic N) is 5. The van der Waals surface area contributed by atoms with Crippen molar-refractivity contribution in [2.75, 3.05) is 0 Å². The van der Waals surface area contributed by atoms with Crippen molar-refractivity contribution < 1.29 is 55.7 Å². The second kappa shape index (κ2) is 31.4. The summed E-state index contributed by atoms with van der Waals surface area (Å²) >= 11 is 0. The molecule has 10 aromatic carbocycles. The molecule has 0 amide bonds. The van der Waals surface area contributed by atoms with Crippen LogP contribution in [0.5, 0.6) is 0 Å². The predicted octanol–water partition coefficient (Wildman–Crippen LogP) is 22.4. The summed E-state index contributed by atoms with van der Waals surface area (Å²) in [6.07, 6.45) is -0.102. The lowest BCUT2D eigenvalue weighted by Crippen LogP contribution is -2.36. The molecule has 0 bridgehead atoms.